The van der Waals surface area contributed by atoms with Gasteiger partial charge in [0.1, 0.15) is 0 Å². The number of amides is 1. The molecule has 4 bridgehead atoms. The second kappa shape index (κ2) is 15.7. The first kappa shape index (κ1) is 35.1. The quantitative estimate of drug-likeness (QED) is 0.157. The summed E-state index contributed by atoms with van der Waals surface area (Å²) in [5, 5.41) is 29.2. The molecule has 4 aliphatic rings. The number of carbonyl (C=O) groups is 1. The molecule has 1 amide bonds. The number of methoxy groups -OCH3 is 2. The molecule has 0 aromatic heterocycles. The number of ether oxygens (including phenoxy) is 2. The standard InChI is InChI=1S/C35H60N4O5/c1-22(2)29(34(41)38-33-27-12-25-13-28(33)18-35(42,16-25)17-27)15-32(40)30(36)20-39(23(3)4)19-24-8-9-26(21-44-6)31(14-24)37-10-7-11-43-5/h8-9,14,22-23,25,27-30,32-33,37,40,42H,7,10-13,15-21,36H2,1-6H3,(H,38,41)/t25?,27?,28?,29-,30-,32-,33?,35?/m0/s1. The van der Waals surface area contributed by atoms with Gasteiger partial charge in [-0.15, -0.1) is 0 Å². The van der Waals surface area contributed by atoms with Crippen LogP contribution in [-0.2, 0) is 27.4 Å². The number of nitrogens with two attached hydrogens (primary N) is 1. The molecule has 1 aromatic rings. The molecule has 0 spiro atoms. The van der Waals surface area contributed by atoms with Gasteiger partial charge in [0.2, 0.25) is 5.91 Å². The van der Waals surface area contributed by atoms with E-state index < -0.39 is 17.7 Å². The molecule has 44 heavy (non-hydrogen) atoms. The summed E-state index contributed by atoms with van der Waals surface area (Å²) in [6, 6.07) is 6.30. The van der Waals surface area contributed by atoms with E-state index in [0.29, 0.717) is 50.5 Å². The summed E-state index contributed by atoms with van der Waals surface area (Å²) in [5.74, 6) is 1.11. The predicted octanol–water partition coefficient (Wildman–Crippen LogP) is 3.90. The van der Waals surface area contributed by atoms with Crippen LogP contribution < -0.4 is 16.4 Å². The average Bonchev–Trinajstić information content (AvgIpc) is 2.95. The lowest BCUT2D eigenvalue weighted by Crippen LogP contribution is -2.62. The predicted molar refractivity (Wildman–Crippen MR) is 175 cm³/mol. The van der Waals surface area contributed by atoms with Crippen LogP contribution >= 0.6 is 0 Å². The van der Waals surface area contributed by atoms with Crippen LogP contribution in [0.15, 0.2) is 18.2 Å². The third-order valence-corrected chi connectivity index (χ3v) is 10.6. The minimum atomic E-state index is -0.796. The van der Waals surface area contributed by atoms with Gasteiger partial charge in [-0.2, -0.15) is 0 Å². The van der Waals surface area contributed by atoms with Gasteiger partial charge in [0.05, 0.1) is 18.3 Å². The highest BCUT2D eigenvalue weighted by molar-refractivity contribution is 5.79. The lowest BCUT2D eigenvalue weighted by atomic mass is 9.52. The Balaban J connectivity index is 1.35. The number of benzene rings is 1. The van der Waals surface area contributed by atoms with Gasteiger partial charge in [-0.1, -0.05) is 26.0 Å². The number of nitrogens with one attached hydrogen (secondary N) is 2. The highest BCUT2D eigenvalue weighted by Crippen LogP contribution is 2.55. The number of aliphatic hydroxyl groups excluding tert-OH is 1. The third kappa shape index (κ3) is 8.95. The first-order chi connectivity index (χ1) is 20.9. The molecular weight excluding hydrogens is 556 g/mol. The Hall–Kier alpha value is -1.75. The fraction of sp³-hybridized carbons (Fsp3) is 0.800. The molecule has 0 radical (unpaired) electrons. The lowest BCUT2D eigenvalue weighted by molar-refractivity contribution is -0.149. The Morgan fingerprint density at radius 1 is 1.11 bits per heavy atom. The zero-order chi connectivity index (χ0) is 32.0. The Morgan fingerprint density at radius 2 is 1.82 bits per heavy atom. The van der Waals surface area contributed by atoms with Gasteiger partial charge in [0.15, 0.2) is 0 Å². The molecule has 9 nitrogen and oxygen atoms in total. The van der Waals surface area contributed by atoms with E-state index >= 15 is 0 Å². The van der Waals surface area contributed by atoms with Crippen molar-refractivity contribution < 1.29 is 24.5 Å². The van der Waals surface area contributed by atoms with Crippen molar-refractivity contribution in [2.45, 2.75) is 116 Å². The Labute approximate surface area is 265 Å². The summed E-state index contributed by atoms with van der Waals surface area (Å²) in [6.07, 6.45) is 5.21. The van der Waals surface area contributed by atoms with Gasteiger partial charge < -0.3 is 36.1 Å². The number of hydrogen-bond acceptors (Lipinski definition) is 8. The van der Waals surface area contributed by atoms with Crippen LogP contribution in [0, 0.1) is 29.6 Å². The van der Waals surface area contributed by atoms with Crippen molar-refractivity contribution in [2.24, 2.45) is 35.3 Å². The number of anilines is 1. The number of rotatable bonds is 18. The van der Waals surface area contributed by atoms with Gasteiger partial charge >= 0.3 is 0 Å². The van der Waals surface area contributed by atoms with Crippen molar-refractivity contribution >= 4 is 11.6 Å². The van der Waals surface area contributed by atoms with E-state index in [9.17, 15) is 15.0 Å². The third-order valence-electron chi connectivity index (χ3n) is 10.6. The number of carbonyl (C=O) groups excluding carboxylic acids is 1. The van der Waals surface area contributed by atoms with Gasteiger partial charge in [-0.3, -0.25) is 9.69 Å². The van der Waals surface area contributed by atoms with Crippen LogP contribution in [0.25, 0.3) is 0 Å². The molecule has 250 valence electrons. The van der Waals surface area contributed by atoms with Crippen LogP contribution in [0.5, 0.6) is 0 Å². The minimum Gasteiger partial charge on any atom is -0.391 e. The molecule has 0 heterocycles. The van der Waals surface area contributed by atoms with Gasteiger partial charge in [-0.25, -0.2) is 0 Å². The van der Waals surface area contributed by atoms with E-state index in [1.165, 1.54) is 0 Å². The Kier molecular flexibility index (Phi) is 12.5. The van der Waals surface area contributed by atoms with Crippen molar-refractivity contribution in [1.82, 2.24) is 10.2 Å². The van der Waals surface area contributed by atoms with Crippen molar-refractivity contribution in [3.63, 3.8) is 0 Å². The van der Waals surface area contributed by atoms with Crippen LogP contribution in [0.2, 0.25) is 0 Å². The average molecular weight is 617 g/mol. The summed E-state index contributed by atoms with van der Waals surface area (Å²) >= 11 is 0. The van der Waals surface area contributed by atoms with Crippen LogP contribution in [0.4, 0.5) is 5.69 Å². The molecule has 0 saturated heterocycles. The van der Waals surface area contributed by atoms with Gasteiger partial charge in [-0.05, 0) is 94.1 Å². The molecule has 1 aromatic carbocycles. The molecule has 0 aliphatic heterocycles. The van der Waals surface area contributed by atoms with E-state index in [4.69, 9.17) is 15.2 Å². The topological polar surface area (TPSA) is 129 Å². The van der Waals surface area contributed by atoms with Crippen LogP contribution in [-0.4, -0.2) is 84.8 Å². The molecule has 4 aliphatic carbocycles. The highest BCUT2D eigenvalue weighted by Gasteiger charge is 2.55. The van der Waals surface area contributed by atoms with Crippen LogP contribution in [0.3, 0.4) is 0 Å². The molecule has 9 heteroatoms. The van der Waals surface area contributed by atoms with E-state index in [0.717, 1.165) is 61.9 Å². The maximum absolute atomic E-state index is 13.6. The molecular formula is C35H60N4O5. The maximum Gasteiger partial charge on any atom is 0.223 e. The van der Waals surface area contributed by atoms with E-state index in [1.807, 2.05) is 0 Å². The number of hydrogen-bond donors (Lipinski definition) is 5. The monoisotopic (exact) mass is 616 g/mol. The number of nitrogens with zero attached hydrogens (tertiary/aromatic N) is 1. The van der Waals surface area contributed by atoms with E-state index in [2.05, 4.69) is 61.4 Å². The molecule has 5 rings (SSSR count). The maximum atomic E-state index is 13.6. The smallest absolute Gasteiger partial charge is 0.223 e. The van der Waals surface area contributed by atoms with Crippen molar-refractivity contribution in [1.29, 1.82) is 0 Å². The molecule has 4 saturated carbocycles. The van der Waals surface area contributed by atoms with Gasteiger partial charge in [0.25, 0.3) is 0 Å². The fourth-order valence-corrected chi connectivity index (χ4v) is 8.30. The molecule has 4 fully saturated rings. The van der Waals surface area contributed by atoms with Crippen molar-refractivity contribution in [3.8, 4) is 0 Å². The van der Waals surface area contributed by atoms with Crippen molar-refractivity contribution in [3.05, 3.63) is 29.3 Å². The zero-order valence-corrected chi connectivity index (χ0v) is 28.1. The molecule has 2 unspecified atom stereocenters. The summed E-state index contributed by atoms with van der Waals surface area (Å²) in [7, 11) is 3.42. The lowest BCUT2D eigenvalue weighted by Gasteiger charge is -2.58. The molecule has 6 N–H and O–H groups in total. The van der Waals surface area contributed by atoms with E-state index in [-0.39, 0.29) is 29.8 Å². The highest BCUT2D eigenvalue weighted by atomic mass is 16.5. The number of aliphatic hydroxyl groups is 2. The first-order valence-corrected chi connectivity index (χ1v) is 17.0. The zero-order valence-electron chi connectivity index (χ0n) is 28.1. The SMILES string of the molecule is COCCCNc1cc(CN(C[C@H](N)[C@@H](O)C[C@H](C(=O)NC2C3CC4CC2CC(O)(C4)C3)C(C)C)C(C)C)ccc1COC. The summed E-state index contributed by atoms with van der Waals surface area (Å²) in [5.41, 5.74) is 9.46. The molecule has 5 atom stereocenters. The Bertz CT molecular complexity index is 1050. The van der Waals surface area contributed by atoms with Gasteiger partial charge in [0, 0.05) is 75.8 Å². The minimum absolute atomic E-state index is 0.0260. The summed E-state index contributed by atoms with van der Waals surface area (Å²) in [6.45, 7) is 11.7. The normalized spacial score (nSPS) is 28.1. The fourth-order valence-electron chi connectivity index (χ4n) is 8.30. The van der Waals surface area contributed by atoms with E-state index in [1.54, 1.807) is 14.2 Å². The second-order valence-electron chi connectivity index (χ2n) is 14.8. The summed E-state index contributed by atoms with van der Waals surface area (Å²) < 4.78 is 10.6. The Morgan fingerprint density at radius 3 is 2.41 bits per heavy atom. The summed E-state index contributed by atoms with van der Waals surface area (Å²) in [4.78, 5) is 15.9. The first-order valence-electron chi connectivity index (χ1n) is 17.0. The van der Waals surface area contributed by atoms with Crippen molar-refractivity contribution in [2.75, 3.05) is 39.2 Å². The largest absolute Gasteiger partial charge is 0.391 e. The van der Waals surface area contributed by atoms with Crippen LogP contribution in [0.1, 0.15) is 83.8 Å². The second-order valence-corrected chi connectivity index (χ2v) is 14.8.